The summed E-state index contributed by atoms with van der Waals surface area (Å²) in [6.07, 6.45) is 5.26. The van der Waals surface area contributed by atoms with Crippen LogP contribution in [0.2, 0.25) is 0 Å². The predicted molar refractivity (Wildman–Crippen MR) is 104 cm³/mol. The lowest BCUT2D eigenvalue weighted by atomic mass is 10.0. The van der Waals surface area contributed by atoms with E-state index < -0.39 is 0 Å². The number of para-hydroxylation sites is 1. The van der Waals surface area contributed by atoms with Crippen molar-refractivity contribution in [1.82, 2.24) is 29.7 Å². The number of fused-ring (bicyclic) bond motifs is 1. The Kier molecular flexibility index (Phi) is 3.72. The van der Waals surface area contributed by atoms with Crippen molar-refractivity contribution < 1.29 is 0 Å². The summed E-state index contributed by atoms with van der Waals surface area (Å²) in [5, 5.41) is 7.96. The van der Waals surface area contributed by atoms with E-state index in [9.17, 15) is 0 Å². The van der Waals surface area contributed by atoms with Crippen LogP contribution in [-0.4, -0.2) is 29.7 Å². The minimum Gasteiger partial charge on any atom is -0.322 e. The Balaban J connectivity index is 1.70. The zero-order valence-electron chi connectivity index (χ0n) is 14.4. The second kappa shape index (κ2) is 6.49. The smallest absolute Gasteiger partial charge is 0.144 e. The molecule has 0 spiro atoms. The summed E-state index contributed by atoms with van der Waals surface area (Å²) in [5.74, 6) is 0.780. The van der Waals surface area contributed by atoms with E-state index in [1.54, 1.807) is 0 Å². The monoisotopic (exact) mass is 352 g/mol. The molecule has 27 heavy (non-hydrogen) atoms. The summed E-state index contributed by atoms with van der Waals surface area (Å²) in [5.41, 5.74) is 4.99. The molecule has 0 aliphatic heterocycles. The van der Waals surface area contributed by atoms with E-state index in [2.05, 4.69) is 49.0 Å². The molecule has 0 radical (unpaired) electrons. The van der Waals surface area contributed by atoms with Crippen LogP contribution in [0.5, 0.6) is 0 Å². The molecule has 0 atom stereocenters. The quantitative estimate of drug-likeness (QED) is 0.532. The lowest BCUT2D eigenvalue weighted by Crippen LogP contribution is -2.03. The molecule has 6 heteroatoms. The molecule has 0 aliphatic rings. The number of pyridine rings is 1. The van der Waals surface area contributed by atoms with Gasteiger partial charge in [0.15, 0.2) is 0 Å². The Morgan fingerprint density at radius 3 is 2.56 bits per heavy atom. The van der Waals surface area contributed by atoms with Gasteiger partial charge in [-0.3, -0.25) is 10.1 Å². The van der Waals surface area contributed by atoms with Crippen LogP contribution in [-0.2, 0) is 6.54 Å². The molecule has 130 valence electrons. The number of aromatic nitrogens is 6. The van der Waals surface area contributed by atoms with E-state index in [0.717, 1.165) is 39.2 Å². The SMILES string of the molecule is c1ccc(-c2ncn(Cc3ncn[nH]3)c2-c2cnc3ccccc3c2)cc1. The van der Waals surface area contributed by atoms with Crippen molar-refractivity contribution in [2.75, 3.05) is 0 Å². The number of benzene rings is 2. The van der Waals surface area contributed by atoms with Crippen molar-refractivity contribution >= 4 is 10.9 Å². The van der Waals surface area contributed by atoms with Gasteiger partial charge in [0.2, 0.25) is 0 Å². The highest BCUT2D eigenvalue weighted by Crippen LogP contribution is 2.32. The van der Waals surface area contributed by atoms with Crippen LogP contribution in [0.1, 0.15) is 5.82 Å². The molecule has 5 rings (SSSR count). The van der Waals surface area contributed by atoms with Gasteiger partial charge in [-0.15, -0.1) is 0 Å². The summed E-state index contributed by atoms with van der Waals surface area (Å²) in [6.45, 7) is 0.558. The third-order valence-corrected chi connectivity index (χ3v) is 4.53. The van der Waals surface area contributed by atoms with Gasteiger partial charge in [-0.2, -0.15) is 5.10 Å². The number of imidazole rings is 1. The van der Waals surface area contributed by atoms with E-state index in [1.807, 2.05) is 48.9 Å². The van der Waals surface area contributed by atoms with Gasteiger partial charge in [-0.05, 0) is 12.1 Å². The molecule has 0 unspecified atom stereocenters. The summed E-state index contributed by atoms with van der Waals surface area (Å²) in [7, 11) is 0. The highest BCUT2D eigenvalue weighted by Gasteiger charge is 2.16. The first kappa shape index (κ1) is 15.5. The molecule has 2 aromatic carbocycles. The zero-order valence-corrected chi connectivity index (χ0v) is 14.4. The first-order valence-electron chi connectivity index (χ1n) is 8.68. The summed E-state index contributed by atoms with van der Waals surface area (Å²) >= 11 is 0. The largest absolute Gasteiger partial charge is 0.322 e. The maximum absolute atomic E-state index is 4.70. The Morgan fingerprint density at radius 2 is 1.70 bits per heavy atom. The number of hydrogen-bond acceptors (Lipinski definition) is 4. The van der Waals surface area contributed by atoms with Gasteiger partial charge in [-0.25, -0.2) is 9.97 Å². The Labute approximate surface area is 155 Å². The van der Waals surface area contributed by atoms with Crippen LogP contribution in [0.15, 0.2) is 79.5 Å². The highest BCUT2D eigenvalue weighted by atomic mass is 15.2. The van der Waals surface area contributed by atoms with Crippen LogP contribution >= 0.6 is 0 Å². The van der Waals surface area contributed by atoms with Crippen LogP contribution in [0.3, 0.4) is 0 Å². The number of hydrogen-bond donors (Lipinski definition) is 1. The fraction of sp³-hybridized carbons (Fsp3) is 0.0476. The third-order valence-electron chi connectivity index (χ3n) is 4.53. The van der Waals surface area contributed by atoms with Crippen molar-refractivity contribution in [3.8, 4) is 22.5 Å². The first-order chi connectivity index (χ1) is 13.4. The lowest BCUT2D eigenvalue weighted by molar-refractivity contribution is 0.753. The maximum Gasteiger partial charge on any atom is 0.144 e. The normalized spacial score (nSPS) is 11.1. The number of nitrogens with zero attached hydrogens (tertiary/aromatic N) is 5. The van der Waals surface area contributed by atoms with E-state index in [0.29, 0.717) is 6.54 Å². The minimum absolute atomic E-state index is 0.558. The lowest BCUT2D eigenvalue weighted by Gasteiger charge is -2.10. The van der Waals surface area contributed by atoms with Gasteiger partial charge in [0.05, 0.1) is 29.8 Å². The van der Waals surface area contributed by atoms with Crippen LogP contribution in [0, 0.1) is 0 Å². The van der Waals surface area contributed by atoms with E-state index in [1.165, 1.54) is 6.33 Å². The van der Waals surface area contributed by atoms with E-state index in [4.69, 9.17) is 4.98 Å². The first-order valence-corrected chi connectivity index (χ1v) is 8.68. The zero-order chi connectivity index (χ0) is 18.1. The van der Waals surface area contributed by atoms with Gasteiger partial charge in [0.25, 0.3) is 0 Å². The molecule has 3 aromatic heterocycles. The Bertz CT molecular complexity index is 1190. The average molecular weight is 352 g/mol. The van der Waals surface area contributed by atoms with Crippen molar-refractivity contribution in [3.05, 3.63) is 85.3 Å². The topological polar surface area (TPSA) is 72.3 Å². The number of H-pyrrole nitrogens is 1. The van der Waals surface area contributed by atoms with Crippen molar-refractivity contribution in [1.29, 1.82) is 0 Å². The second-order valence-electron chi connectivity index (χ2n) is 6.28. The van der Waals surface area contributed by atoms with Crippen molar-refractivity contribution in [2.45, 2.75) is 6.54 Å². The van der Waals surface area contributed by atoms with Crippen molar-refractivity contribution in [3.63, 3.8) is 0 Å². The predicted octanol–water partition coefficient (Wildman–Crippen LogP) is 3.93. The fourth-order valence-electron chi connectivity index (χ4n) is 3.28. The molecule has 0 aliphatic carbocycles. The number of aromatic amines is 1. The number of nitrogens with one attached hydrogen (secondary N) is 1. The van der Waals surface area contributed by atoms with Gasteiger partial charge < -0.3 is 4.57 Å². The maximum atomic E-state index is 4.70. The van der Waals surface area contributed by atoms with Crippen molar-refractivity contribution in [2.24, 2.45) is 0 Å². The standard InChI is InChI=1S/C21H16N6/c1-2-6-15(7-3-1)20-21(27(14-24-20)12-19-23-13-25-26-19)17-10-16-8-4-5-9-18(16)22-11-17/h1-11,13-14H,12H2,(H,23,25,26). The molecule has 3 heterocycles. The molecule has 6 nitrogen and oxygen atoms in total. The van der Waals surface area contributed by atoms with Gasteiger partial charge in [0, 0.05) is 22.7 Å². The van der Waals surface area contributed by atoms with Crippen LogP contribution < -0.4 is 0 Å². The molecular formula is C21H16N6. The molecule has 0 saturated heterocycles. The third kappa shape index (κ3) is 2.87. The van der Waals surface area contributed by atoms with E-state index in [-0.39, 0.29) is 0 Å². The average Bonchev–Trinajstić information content (AvgIpc) is 3.39. The fourth-order valence-corrected chi connectivity index (χ4v) is 3.28. The van der Waals surface area contributed by atoms with Gasteiger partial charge in [-0.1, -0.05) is 48.5 Å². The highest BCUT2D eigenvalue weighted by molar-refractivity contribution is 5.86. The van der Waals surface area contributed by atoms with E-state index >= 15 is 0 Å². The van der Waals surface area contributed by atoms with Gasteiger partial charge in [0.1, 0.15) is 12.2 Å². The molecule has 5 aromatic rings. The van der Waals surface area contributed by atoms with Crippen LogP contribution in [0.25, 0.3) is 33.4 Å². The molecule has 0 fully saturated rings. The Hall–Kier alpha value is -3.80. The summed E-state index contributed by atoms with van der Waals surface area (Å²) < 4.78 is 2.08. The number of rotatable bonds is 4. The molecule has 0 amide bonds. The van der Waals surface area contributed by atoms with Gasteiger partial charge >= 0.3 is 0 Å². The van der Waals surface area contributed by atoms with Crippen LogP contribution in [0.4, 0.5) is 0 Å². The molecular weight excluding hydrogens is 336 g/mol. The Morgan fingerprint density at radius 1 is 0.852 bits per heavy atom. The summed E-state index contributed by atoms with van der Waals surface area (Å²) in [4.78, 5) is 13.6. The minimum atomic E-state index is 0.558. The molecule has 0 bridgehead atoms. The second-order valence-corrected chi connectivity index (χ2v) is 6.28. The summed E-state index contributed by atoms with van der Waals surface area (Å²) in [6, 6.07) is 20.5. The molecule has 0 saturated carbocycles. The molecule has 1 N–H and O–H groups in total.